The number of halogens is 1. The minimum absolute atomic E-state index is 0.0806. The van der Waals surface area contributed by atoms with E-state index in [0.29, 0.717) is 14.9 Å². The van der Waals surface area contributed by atoms with E-state index in [0.717, 1.165) is 16.5 Å². The number of hydrogen-bond acceptors (Lipinski definition) is 10. The number of Topliss-reactive ketones (excluding diaryl/α,β-unsaturated/α-hetero) is 1. The van der Waals surface area contributed by atoms with E-state index in [1.807, 2.05) is 0 Å². The van der Waals surface area contributed by atoms with Gasteiger partial charge in [-0.25, -0.2) is 19.4 Å². The van der Waals surface area contributed by atoms with Gasteiger partial charge in [-0.1, -0.05) is 23.4 Å². The molecule has 2 aromatic rings. The molecular weight excluding hydrogens is 430 g/mol. The molecule has 1 saturated heterocycles. The molecular formula is C17H14ClNO7S2. The Labute approximate surface area is 172 Å². The molecule has 0 saturated carbocycles. The molecule has 1 aliphatic rings. The molecule has 28 heavy (non-hydrogen) atoms. The minimum Gasteiger partial charge on any atom is -0.463 e. The lowest BCUT2D eigenvalue weighted by Crippen LogP contribution is -2.55. The van der Waals surface area contributed by atoms with Gasteiger partial charge in [0.15, 0.2) is 4.34 Å². The number of esters is 3. The first kappa shape index (κ1) is 20.6. The first-order chi connectivity index (χ1) is 13.3. The van der Waals surface area contributed by atoms with Gasteiger partial charge in [0.1, 0.15) is 5.25 Å². The summed E-state index contributed by atoms with van der Waals surface area (Å²) in [4.78, 5) is 54.0. The summed E-state index contributed by atoms with van der Waals surface area (Å²) in [7, 11) is 0. The van der Waals surface area contributed by atoms with Crippen LogP contribution in [0.25, 0.3) is 10.2 Å². The number of ketones is 1. The van der Waals surface area contributed by atoms with Gasteiger partial charge in [0.25, 0.3) is 5.78 Å². The maximum absolute atomic E-state index is 12.6. The van der Waals surface area contributed by atoms with Crippen molar-refractivity contribution in [3.63, 3.8) is 0 Å². The van der Waals surface area contributed by atoms with E-state index in [1.54, 1.807) is 18.2 Å². The average Bonchev–Trinajstić information content (AvgIpc) is 3.16. The number of ether oxygens (including phenoxy) is 3. The van der Waals surface area contributed by atoms with E-state index in [2.05, 4.69) is 4.98 Å². The van der Waals surface area contributed by atoms with Crippen LogP contribution in [0.3, 0.4) is 0 Å². The van der Waals surface area contributed by atoms with E-state index >= 15 is 0 Å². The smallest absolute Gasteiger partial charge is 0.377 e. The summed E-state index contributed by atoms with van der Waals surface area (Å²) in [5, 5.41) is -1.04. The molecule has 11 heteroatoms. The molecule has 0 bridgehead atoms. The van der Waals surface area contributed by atoms with Gasteiger partial charge in [0.2, 0.25) is 0 Å². The molecule has 1 atom stereocenters. The fraction of sp³-hybridized carbons (Fsp3) is 0.353. The third-order valence-electron chi connectivity index (χ3n) is 3.77. The highest BCUT2D eigenvalue weighted by Gasteiger charge is 2.68. The number of carbonyl (C=O) groups is 4. The van der Waals surface area contributed by atoms with E-state index < -0.39 is 34.5 Å². The Balaban J connectivity index is 2.04. The molecule has 0 aliphatic carbocycles. The first-order valence-corrected chi connectivity index (χ1v) is 10.2. The van der Waals surface area contributed by atoms with E-state index in [1.165, 1.54) is 25.2 Å². The highest BCUT2D eigenvalue weighted by molar-refractivity contribution is 8.02. The monoisotopic (exact) mass is 443 g/mol. The van der Waals surface area contributed by atoms with Crippen LogP contribution in [0.2, 0.25) is 5.02 Å². The fourth-order valence-corrected chi connectivity index (χ4v) is 5.12. The largest absolute Gasteiger partial charge is 0.463 e. The van der Waals surface area contributed by atoms with Gasteiger partial charge in [0, 0.05) is 5.02 Å². The molecule has 3 rings (SSSR count). The van der Waals surface area contributed by atoms with Gasteiger partial charge >= 0.3 is 23.5 Å². The lowest BCUT2D eigenvalue weighted by Gasteiger charge is -2.26. The molecule has 0 radical (unpaired) electrons. The van der Waals surface area contributed by atoms with Crippen molar-refractivity contribution >= 4 is 68.6 Å². The Morgan fingerprint density at radius 3 is 2.50 bits per heavy atom. The number of aromatic nitrogens is 1. The Kier molecular flexibility index (Phi) is 5.92. The summed E-state index contributed by atoms with van der Waals surface area (Å²) in [5.74, 6) is -4.66. The van der Waals surface area contributed by atoms with Crippen molar-refractivity contribution in [2.75, 3.05) is 13.2 Å². The number of fused-ring (bicyclic) bond motifs is 1. The standard InChI is InChI=1S/C17H14ClNO7S2/c1-3-24-14(22)17(15(23)25-4-2)12(11(20)13(21)26-17)28-16-19-9-7-8(18)5-6-10(9)27-16/h5-7,12H,3-4H2,1-2H3. The minimum atomic E-state index is -2.51. The van der Waals surface area contributed by atoms with Crippen molar-refractivity contribution < 1.29 is 33.4 Å². The Morgan fingerprint density at radius 1 is 1.25 bits per heavy atom. The van der Waals surface area contributed by atoms with Gasteiger partial charge in [-0.15, -0.1) is 11.3 Å². The summed E-state index contributed by atoms with van der Waals surface area (Å²) in [6.07, 6.45) is 0. The van der Waals surface area contributed by atoms with E-state index in [-0.39, 0.29) is 13.2 Å². The molecule has 1 aromatic carbocycles. The number of cyclic esters (lactones) is 1. The van der Waals surface area contributed by atoms with Crippen LogP contribution in [0.4, 0.5) is 0 Å². The van der Waals surface area contributed by atoms with E-state index in [4.69, 9.17) is 25.8 Å². The van der Waals surface area contributed by atoms with Crippen LogP contribution in [0.1, 0.15) is 13.8 Å². The van der Waals surface area contributed by atoms with Gasteiger partial charge in [-0.3, -0.25) is 4.79 Å². The SMILES string of the molecule is CCOC(=O)C1(C(=O)OCC)OC(=O)C(=O)C1Sc1nc2cc(Cl)ccc2s1. The molecule has 1 aliphatic heterocycles. The quantitative estimate of drug-likeness (QED) is 0.287. The maximum atomic E-state index is 12.6. The molecule has 0 N–H and O–H groups in total. The first-order valence-electron chi connectivity index (χ1n) is 8.17. The van der Waals surface area contributed by atoms with Crippen molar-refractivity contribution in [3.8, 4) is 0 Å². The topological polar surface area (TPSA) is 109 Å². The van der Waals surface area contributed by atoms with E-state index in [9.17, 15) is 19.2 Å². The summed E-state index contributed by atoms with van der Waals surface area (Å²) >= 11 is 7.95. The second-order valence-corrected chi connectivity index (χ2v) is 8.34. The number of thioether (sulfide) groups is 1. The third kappa shape index (κ3) is 3.47. The molecule has 8 nitrogen and oxygen atoms in total. The van der Waals surface area contributed by atoms with Crippen LogP contribution in [0.5, 0.6) is 0 Å². The number of rotatable bonds is 6. The number of carbonyl (C=O) groups excluding carboxylic acids is 4. The molecule has 1 aromatic heterocycles. The molecule has 0 spiro atoms. The van der Waals surface area contributed by atoms with Crippen LogP contribution >= 0.6 is 34.7 Å². The summed E-state index contributed by atoms with van der Waals surface area (Å²) in [6, 6.07) is 5.08. The van der Waals surface area contributed by atoms with Crippen molar-refractivity contribution in [1.82, 2.24) is 4.98 Å². The summed E-state index contributed by atoms with van der Waals surface area (Å²) in [6.45, 7) is 2.88. The summed E-state index contributed by atoms with van der Waals surface area (Å²) < 4.78 is 15.9. The molecule has 1 unspecified atom stereocenters. The fourth-order valence-electron chi connectivity index (χ4n) is 2.57. The predicted octanol–water partition coefficient (Wildman–Crippen LogP) is 2.40. The lowest BCUT2D eigenvalue weighted by atomic mass is 9.99. The van der Waals surface area contributed by atoms with Crippen molar-refractivity contribution in [1.29, 1.82) is 0 Å². The van der Waals surface area contributed by atoms with Crippen LogP contribution < -0.4 is 0 Å². The second kappa shape index (κ2) is 8.06. The molecule has 2 heterocycles. The second-order valence-electron chi connectivity index (χ2n) is 5.52. The van der Waals surface area contributed by atoms with Crippen molar-refractivity contribution in [2.24, 2.45) is 0 Å². The predicted molar refractivity (Wildman–Crippen MR) is 101 cm³/mol. The number of benzene rings is 1. The van der Waals surface area contributed by atoms with Crippen molar-refractivity contribution in [2.45, 2.75) is 29.0 Å². The highest BCUT2D eigenvalue weighted by atomic mass is 35.5. The maximum Gasteiger partial charge on any atom is 0.377 e. The molecule has 1 fully saturated rings. The lowest BCUT2D eigenvalue weighted by molar-refractivity contribution is -0.188. The van der Waals surface area contributed by atoms with Gasteiger partial charge < -0.3 is 14.2 Å². The third-order valence-corrected chi connectivity index (χ3v) is 6.45. The van der Waals surface area contributed by atoms with Crippen LogP contribution in [-0.2, 0) is 33.4 Å². The van der Waals surface area contributed by atoms with Crippen LogP contribution in [0, 0.1) is 0 Å². The zero-order chi connectivity index (χ0) is 20.5. The van der Waals surface area contributed by atoms with Crippen molar-refractivity contribution in [3.05, 3.63) is 23.2 Å². The van der Waals surface area contributed by atoms with Crippen LogP contribution in [-0.4, -0.2) is 52.7 Å². The van der Waals surface area contributed by atoms with Gasteiger partial charge in [0.05, 0.1) is 23.4 Å². The van der Waals surface area contributed by atoms with Gasteiger partial charge in [-0.2, -0.15) is 0 Å². The Morgan fingerprint density at radius 2 is 1.89 bits per heavy atom. The number of thiazole rings is 1. The zero-order valence-electron chi connectivity index (χ0n) is 14.7. The zero-order valence-corrected chi connectivity index (χ0v) is 17.1. The Bertz CT molecular complexity index is 956. The van der Waals surface area contributed by atoms with Gasteiger partial charge in [-0.05, 0) is 32.0 Å². The summed E-state index contributed by atoms with van der Waals surface area (Å²) in [5.41, 5.74) is -1.93. The van der Waals surface area contributed by atoms with Crippen LogP contribution in [0.15, 0.2) is 22.5 Å². The normalized spacial score (nSPS) is 18.2. The highest BCUT2D eigenvalue weighted by Crippen LogP contribution is 2.42. The number of hydrogen-bond donors (Lipinski definition) is 0. The molecule has 0 amide bonds. The Hall–Kier alpha value is -2.17. The molecule has 148 valence electrons. The number of nitrogens with zero attached hydrogens (tertiary/aromatic N) is 1. The average molecular weight is 444 g/mol.